The van der Waals surface area contributed by atoms with Crippen molar-refractivity contribution >= 4 is 12.0 Å². The summed E-state index contributed by atoms with van der Waals surface area (Å²) >= 11 is 0. The van der Waals surface area contributed by atoms with Crippen molar-refractivity contribution in [2.75, 3.05) is 13.1 Å². The summed E-state index contributed by atoms with van der Waals surface area (Å²) in [5.41, 5.74) is 0. The van der Waals surface area contributed by atoms with Gasteiger partial charge in [-0.2, -0.15) is 0 Å². The molecule has 5 heteroatoms. The minimum atomic E-state index is -0.971. The number of carboxylic acid groups (broad SMARTS) is 1. The Balaban J connectivity index is 2.44. The number of hydrogen-bond donors (Lipinski definition) is 2. The van der Waals surface area contributed by atoms with Crippen LogP contribution >= 0.6 is 0 Å². The number of nitrogens with zero attached hydrogens (tertiary/aromatic N) is 1. The summed E-state index contributed by atoms with van der Waals surface area (Å²) in [7, 11) is 0. The maximum absolute atomic E-state index is 11.6. The van der Waals surface area contributed by atoms with Crippen LogP contribution in [-0.4, -0.2) is 41.1 Å². The number of carboxylic acids is 1. The Morgan fingerprint density at radius 3 is 2.47 bits per heavy atom. The van der Waals surface area contributed by atoms with Gasteiger partial charge in [0.2, 0.25) is 0 Å². The van der Waals surface area contributed by atoms with Gasteiger partial charge in [0.25, 0.3) is 0 Å². The Bertz CT molecular complexity index is 249. The molecule has 2 N–H and O–H groups in total. The molecular weight excluding hydrogens is 196 g/mol. The zero-order valence-electron chi connectivity index (χ0n) is 9.19. The average Bonchev–Trinajstić information content (AvgIpc) is 2.85. The van der Waals surface area contributed by atoms with Crippen LogP contribution in [-0.2, 0) is 4.79 Å². The third kappa shape index (κ3) is 4.67. The fraction of sp³-hybridized carbons (Fsp3) is 0.800. The summed E-state index contributed by atoms with van der Waals surface area (Å²) in [6, 6.07) is 0.00885. The van der Waals surface area contributed by atoms with E-state index < -0.39 is 5.97 Å². The van der Waals surface area contributed by atoms with Gasteiger partial charge in [-0.15, -0.1) is 0 Å². The molecule has 0 radical (unpaired) electrons. The molecule has 1 aliphatic rings. The number of amides is 2. The van der Waals surface area contributed by atoms with E-state index in [1.165, 1.54) is 4.90 Å². The molecule has 0 spiro atoms. The number of urea groups is 1. The van der Waals surface area contributed by atoms with E-state index in [1.54, 1.807) is 0 Å². The first kappa shape index (κ1) is 11.8. The quantitative estimate of drug-likeness (QED) is 0.714. The molecule has 5 nitrogen and oxygen atoms in total. The predicted molar refractivity (Wildman–Crippen MR) is 55.6 cm³/mol. The molecule has 2 amide bonds. The van der Waals surface area contributed by atoms with E-state index in [0.29, 0.717) is 6.54 Å². The molecule has 15 heavy (non-hydrogen) atoms. The van der Waals surface area contributed by atoms with Crippen LogP contribution < -0.4 is 5.32 Å². The van der Waals surface area contributed by atoms with Crippen LogP contribution in [0.3, 0.4) is 0 Å². The lowest BCUT2D eigenvalue weighted by Crippen LogP contribution is -2.45. The number of hydrogen-bond acceptors (Lipinski definition) is 2. The second kappa shape index (κ2) is 5.00. The molecule has 0 aromatic carbocycles. The highest BCUT2D eigenvalue weighted by Gasteiger charge is 2.26. The molecule has 0 heterocycles. The highest BCUT2D eigenvalue weighted by atomic mass is 16.4. The average molecular weight is 214 g/mol. The van der Waals surface area contributed by atoms with E-state index in [1.807, 2.05) is 13.8 Å². The Morgan fingerprint density at radius 1 is 1.47 bits per heavy atom. The van der Waals surface area contributed by atoms with E-state index in [2.05, 4.69) is 5.32 Å². The Hall–Kier alpha value is -1.26. The first-order valence-electron chi connectivity index (χ1n) is 5.26. The lowest BCUT2D eigenvalue weighted by molar-refractivity contribution is -0.137. The summed E-state index contributed by atoms with van der Waals surface area (Å²) < 4.78 is 0. The zero-order chi connectivity index (χ0) is 11.4. The smallest absolute Gasteiger partial charge is 0.323 e. The third-order valence-corrected chi connectivity index (χ3v) is 2.10. The van der Waals surface area contributed by atoms with Crippen molar-refractivity contribution in [3.8, 4) is 0 Å². The third-order valence-electron chi connectivity index (χ3n) is 2.10. The molecule has 0 unspecified atom stereocenters. The van der Waals surface area contributed by atoms with Crippen LogP contribution in [0.5, 0.6) is 0 Å². The standard InChI is InChI=1S/C10H18N2O3/c1-7(2)5-12(6-9(13)14)10(15)11-8-3-4-8/h7-8H,3-6H2,1-2H3,(H,11,15)(H,13,14). The summed E-state index contributed by atoms with van der Waals surface area (Å²) in [5, 5.41) is 11.5. The molecule has 1 fully saturated rings. The van der Waals surface area contributed by atoms with E-state index in [0.717, 1.165) is 12.8 Å². The van der Waals surface area contributed by atoms with Crippen LogP contribution in [0.2, 0.25) is 0 Å². The largest absolute Gasteiger partial charge is 0.480 e. The maximum atomic E-state index is 11.6. The van der Waals surface area contributed by atoms with Gasteiger partial charge in [0, 0.05) is 12.6 Å². The second-order valence-electron chi connectivity index (χ2n) is 4.39. The fourth-order valence-electron chi connectivity index (χ4n) is 1.32. The highest BCUT2D eigenvalue weighted by Crippen LogP contribution is 2.19. The van der Waals surface area contributed by atoms with Crippen molar-refractivity contribution in [1.82, 2.24) is 10.2 Å². The first-order chi connectivity index (χ1) is 6.99. The molecule has 1 rings (SSSR count). The van der Waals surface area contributed by atoms with Gasteiger partial charge in [0.1, 0.15) is 6.54 Å². The first-order valence-corrected chi connectivity index (χ1v) is 5.26. The minimum absolute atomic E-state index is 0.225. The van der Waals surface area contributed by atoms with Gasteiger partial charge in [-0.25, -0.2) is 4.79 Å². The van der Waals surface area contributed by atoms with Crippen molar-refractivity contribution < 1.29 is 14.7 Å². The summed E-state index contributed by atoms with van der Waals surface area (Å²) in [6.07, 6.45) is 2.02. The Morgan fingerprint density at radius 2 is 2.07 bits per heavy atom. The fourth-order valence-corrected chi connectivity index (χ4v) is 1.32. The number of nitrogens with one attached hydrogen (secondary N) is 1. The molecule has 86 valence electrons. The number of rotatable bonds is 5. The molecule has 0 atom stereocenters. The SMILES string of the molecule is CC(C)CN(CC(=O)O)C(=O)NC1CC1. The monoisotopic (exact) mass is 214 g/mol. The maximum Gasteiger partial charge on any atom is 0.323 e. The van der Waals surface area contributed by atoms with Gasteiger partial charge in [-0.3, -0.25) is 4.79 Å². The number of carbonyl (C=O) groups is 2. The Labute approximate surface area is 89.4 Å². The molecule has 1 saturated carbocycles. The molecule has 0 bridgehead atoms. The van der Waals surface area contributed by atoms with Crippen molar-refractivity contribution in [2.45, 2.75) is 32.7 Å². The van der Waals surface area contributed by atoms with Gasteiger partial charge in [-0.05, 0) is 18.8 Å². The molecule has 0 aromatic rings. The molecular formula is C10H18N2O3. The predicted octanol–water partition coefficient (Wildman–Crippen LogP) is 0.901. The van der Waals surface area contributed by atoms with Crippen molar-refractivity contribution in [2.24, 2.45) is 5.92 Å². The lowest BCUT2D eigenvalue weighted by atomic mass is 10.2. The normalized spacial score (nSPS) is 15.1. The molecule has 0 saturated heterocycles. The van der Waals surface area contributed by atoms with E-state index >= 15 is 0 Å². The van der Waals surface area contributed by atoms with Crippen LogP contribution in [0.15, 0.2) is 0 Å². The summed E-state index contributed by atoms with van der Waals surface area (Å²) in [4.78, 5) is 23.5. The van der Waals surface area contributed by atoms with Crippen molar-refractivity contribution in [1.29, 1.82) is 0 Å². The topological polar surface area (TPSA) is 69.6 Å². The summed E-state index contributed by atoms with van der Waals surface area (Å²) in [6.45, 7) is 4.17. The second-order valence-corrected chi connectivity index (χ2v) is 4.39. The van der Waals surface area contributed by atoms with Gasteiger partial charge < -0.3 is 15.3 Å². The Kier molecular flexibility index (Phi) is 3.94. The van der Waals surface area contributed by atoms with E-state index in [4.69, 9.17) is 5.11 Å². The highest BCUT2D eigenvalue weighted by molar-refractivity contribution is 5.80. The van der Waals surface area contributed by atoms with Crippen LogP contribution in [0, 0.1) is 5.92 Å². The van der Waals surface area contributed by atoms with Gasteiger partial charge in [-0.1, -0.05) is 13.8 Å². The zero-order valence-corrected chi connectivity index (χ0v) is 9.19. The van der Waals surface area contributed by atoms with Crippen LogP contribution in [0.25, 0.3) is 0 Å². The van der Waals surface area contributed by atoms with Crippen molar-refractivity contribution in [3.63, 3.8) is 0 Å². The van der Waals surface area contributed by atoms with Gasteiger partial charge in [0.15, 0.2) is 0 Å². The molecule has 0 aromatic heterocycles. The van der Waals surface area contributed by atoms with E-state index in [9.17, 15) is 9.59 Å². The van der Waals surface area contributed by atoms with E-state index in [-0.39, 0.29) is 24.5 Å². The summed E-state index contributed by atoms with van der Waals surface area (Å²) in [5.74, 6) is -0.698. The number of carbonyl (C=O) groups excluding carboxylic acids is 1. The van der Waals surface area contributed by atoms with Crippen molar-refractivity contribution in [3.05, 3.63) is 0 Å². The van der Waals surface area contributed by atoms with Crippen LogP contribution in [0.4, 0.5) is 4.79 Å². The number of aliphatic carboxylic acids is 1. The van der Waals surface area contributed by atoms with Gasteiger partial charge >= 0.3 is 12.0 Å². The molecule has 1 aliphatic carbocycles. The van der Waals surface area contributed by atoms with Crippen LogP contribution in [0.1, 0.15) is 26.7 Å². The van der Waals surface area contributed by atoms with Gasteiger partial charge in [0.05, 0.1) is 0 Å². The molecule has 0 aliphatic heterocycles. The minimum Gasteiger partial charge on any atom is -0.480 e. The lowest BCUT2D eigenvalue weighted by Gasteiger charge is -2.22.